The monoisotopic (exact) mass is 286 g/mol. The van der Waals surface area contributed by atoms with E-state index in [2.05, 4.69) is 20.8 Å². The van der Waals surface area contributed by atoms with Gasteiger partial charge in [0, 0.05) is 6.61 Å². The van der Waals surface area contributed by atoms with Crippen LogP contribution in [0.3, 0.4) is 0 Å². The van der Waals surface area contributed by atoms with Gasteiger partial charge in [-0.3, -0.25) is 0 Å². The minimum atomic E-state index is -0.803. The van der Waals surface area contributed by atoms with E-state index in [1.807, 2.05) is 0 Å². The molecule has 0 spiro atoms. The maximum Gasteiger partial charge on any atom is 0.332 e. The molecule has 0 fully saturated rings. The molecule has 0 aromatic rings. The van der Waals surface area contributed by atoms with Crippen LogP contribution < -0.4 is 0 Å². The van der Waals surface area contributed by atoms with Gasteiger partial charge < -0.3 is 9.84 Å². The van der Waals surface area contributed by atoms with Crippen LogP contribution in [0, 0.1) is 5.92 Å². The van der Waals surface area contributed by atoms with Crippen molar-refractivity contribution in [2.75, 3.05) is 6.61 Å². The summed E-state index contributed by atoms with van der Waals surface area (Å²) in [5.74, 6) is -0.0316. The third-order valence-corrected chi connectivity index (χ3v) is 3.59. The smallest absolute Gasteiger partial charge is 0.332 e. The van der Waals surface area contributed by atoms with Crippen LogP contribution >= 0.6 is 0 Å². The predicted molar refractivity (Wildman–Crippen MR) is 84.1 cm³/mol. The molecule has 0 radical (unpaired) electrons. The van der Waals surface area contributed by atoms with Gasteiger partial charge in [-0.15, -0.1) is 0 Å². The van der Waals surface area contributed by atoms with E-state index in [0.717, 1.165) is 31.6 Å². The van der Waals surface area contributed by atoms with Crippen molar-refractivity contribution in [1.29, 1.82) is 0 Å². The lowest BCUT2D eigenvalue weighted by Crippen LogP contribution is -2.24. The van der Waals surface area contributed by atoms with E-state index < -0.39 is 12.1 Å². The normalized spacial score (nSPS) is 12.8. The van der Waals surface area contributed by atoms with Gasteiger partial charge >= 0.3 is 5.97 Å². The first-order valence-corrected chi connectivity index (χ1v) is 8.42. The summed E-state index contributed by atoms with van der Waals surface area (Å²) in [6.45, 7) is 7.24. The van der Waals surface area contributed by atoms with Crippen molar-refractivity contribution in [3.05, 3.63) is 0 Å². The number of unbranched alkanes of at least 4 members (excludes halogenated alkanes) is 6. The Balaban J connectivity index is 3.57. The molecule has 0 aliphatic heterocycles. The molecule has 3 heteroatoms. The Labute approximate surface area is 125 Å². The molecular weight excluding hydrogens is 252 g/mol. The minimum Gasteiger partial charge on any atom is -0.479 e. The zero-order valence-corrected chi connectivity index (χ0v) is 13.7. The van der Waals surface area contributed by atoms with Gasteiger partial charge in [-0.25, -0.2) is 4.79 Å². The number of aliphatic carboxylic acids is 1. The molecular formula is C17H34O3. The topological polar surface area (TPSA) is 46.5 Å². The van der Waals surface area contributed by atoms with Crippen molar-refractivity contribution in [1.82, 2.24) is 0 Å². The highest BCUT2D eigenvalue weighted by molar-refractivity contribution is 5.72. The predicted octanol–water partition coefficient (Wildman–Crippen LogP) is 5.03. The largest absolute Gasteiger partial charge is 0.479 e. The third kappa shape index (κ3) is 12.5. The van der Waals surface area contributed by atoms with Gasteiger partial charge in [0.2, 0.25) is 0 Å². The van der Waals surface area contributed by atoms with E-state index in [9.17, 15) is 4.79 Å². The molecule has 0 aliphatic rings. The molecule has 0 heterocycles. The maximum absolute atomic E-state index is 11.1. The zero-order valence-electron chi connectivity index (χ0n) is 13.7. The molecule has 3 nitrogen and oxygen atoms in total. The number of carboxylic acids is 1. The van der Waals surface area contributed by atoms with Crippen molar-refractivity contribution in [2.45, 2.75) is 91.1 Å². The Morgan fingerprint density at radius 3 is 2.10 bits per heavy atom. The molecule has 0 saturated heterocycles. The molecule has 1 atom stereocenters. The number of carbonyl (C=O) groups is 1. The van der Waals surface area contributed by atoms with Crippen molar-refractivity contribution in [2.24, 2.45) is 5.92 Å². The lowest BCUT2D eigenvalue weighted by molar-refractivity contribution is -0.151. The van der Waals surface area contributed by atoms with E-state index >= 15 is 0 Å². The summed E-state index contributed by atoms with van der Waals surface area (Å²) in [7, 11) is 0. The Morgan fingerprint density at radius 1 is 0.950 bits per heavy atom. The van der Waals surface area contributed by atoms with E-state index in [0.29, 0.717) is 13.0 Å². The van der Waals surface area contributed by atoms with Gasteiger partial charge in [0.1, 0.15) is 0 Å². The fourth-order valence-corrected chi connectivity index (χ4v) is 2.27. The van der Waals surface area contributed by atoms with Gasteiger partial charge in [-0.2, -0.15) is 0 Å². The molecule has 1 unspecified atom stereocenters. The Kier molecular flexibility index (Phi) is 13.0. The standard InChI is InChI=1S/C17H34O3/c1-4-5-6-11-14-20-16(17(18)19)13-10-8-7-9-12-15(2)3/h15-16H,4-14H2,1-3H3,(H,18,19). The van der Waals surface area contributed by atoms with E-state index in [4.69, 9.17) is 9.84 Å². The first-order chi connectivity index (χ1) is 9.57. The number of hydrogen-bond donors (Lipinski definition) is 1. The summed E-state index contributed by atoms with van der Waals surface area (Å²) in [5, 5.41) is 9.13. The van der Waals surface area contributed by atoms with Crippen LogP contribution in [0.2, 0.25) is 0 Å². The number of hydrogen-bond acceptors (Lipinski definition) is 2. The molecule has 0 bridgehead atoms. The van der Waals surface area contributed by atoms with Crippen molar-refractivity contribution >= 4 is 5.97 Å². The minimum absolute atomic E-state index is 0.588. The van der Waals surface area contributed by atoms with Crippen LogP contribution in [-0.2, 0) is 9.53 Å². The van der Waals surface area contributed by atoms with Crippen LogP contribution in [-0.4, -0.2) is 23.8 Å². The summed E-state index contributed by atoms with van der Waals surface area (Å²) in [6.07, 6.45) is 10.4. The average Bonchev–Trinajstić information content (AvgIpc) is 2.39. The first-order valence-electron chi connectivity index (χ1n) is 8.42. The van der Waals surface area contributed by atoms with Crippen LogP contribution in [0.1, 0.15) is 85.0 Å². The van der Waals surface area contributed by atoms with Crippen LogP contribution in [0.4, 0.5) is 0 Å². The highest BCUT2D eigenvalue weighted by Crippen LogP contribution is 2.13. The molecule has 20 heavy (non-hydrogen) atoms. The van der Waals surface area contributed by atoms with Crippen LogP contribution in [0.15, 0.2) is 0 Å². The van der Waals surface area contributed by atoms with Gasteiger partial charge in [0.15, 0.2) is 6.10 Å². The fraction of sp³-hybridized carbons (Fsp3) is 0.941. The van der Waals surface area contributed by atoms with E-state index in [-0.39, 0.29) is 0 Å². The molecule has 0 amide bonds. The summed E-state index contributed by atoms with van der Waals surface area (Å²) < 4.78 is 5.50. The highest BCUT2D eigenvalue weighted by atomic mass is 16.5. The summed E-state index contributed by atoms with van der Waals surface area (Å²) >= 11 is 0. The quantitative estimate of drug-likeness (QED) is 0.455. The second-order valence-electron chi connectivity index (χ2n) is 6.14. The number of rotatable bonds is 14. The molecule has 120 valence electrons. The summed E-state index contributed by atoms with van der Waals surface area (Å²) in [5.41, 5.74) is 0. The second kappa shape index (κ2) is 13.4. The molecule has 1 N–H and O–H groups in total. The summed E-state index contributed by atoms with van der Waals surface area (Å²) in [6, 6.07) is 0. The SMILES string of the molecule is CCCCCCOC(CCCCCCC(C)C)C(=O)O. The Bertz CT molecular complexity index is 226. The van der Waals surface area contributed by atoms with Crippen molar-refractivity contribution in [3.63, 3.8) is 0 Å². The van der Waals surface area contributed by atoms with Crippen molar-refractivity contribution in [3.8, 4) is 0 Å². The molecule has 0 rings (SSSR count). The van der Waals surface area contributed by atoms with Gasteiger partial charge in [-0.1, -0.05) is 72.1 Å². The third-order valence-electron chi connectivity index (χ3n) is 3.59. The van der Waals surface area contributed by atoms with Gasteiger partial charge in [0.05, 0.1) is 0 Å². The molecule has 0 aromatic heterocycles. The maximum atomic E-state index is 11.1. The zero-order chi connectivity index (χ0) is 15.2. The summed E-state index contributed by atoms with van der Waals surface area (Å²) in [4.78, 5) is 11.1. The lowest BCUT2D eigenvalue weighted by Gasteiger charge is -2.13. The van der Waals surface area contributed by atoms with Gasteiger partial charge in [-0.05, 0) is 18.8 Å². The molecule has 0 aliphatic carbocycles. The van der Waals surface area contributed by atoms with E-state index in [1.54, 1.807) is 0 Å². The average molecular weight is 286 g/mol. The Hall–Kier alpha value is -0.570. The number of ether oxygens (including phenoxy) is 1. The fourth-order valence-electron chi connectivity index (χ4n) is 2.27. The number of carboxylic acid groups (broad SMARTS) is 1. The van der Waals surface area contributed by atoms with E-state index in [1.165, 1.54) is 32.1 Å². The van der Waals surface area contributed by atoms with Gasteiger partial charge in [0.25, 0.3) is 0 Å². The highest BCUT2D eigenvalue weighted by Gasteiger charge is 2.16. The van der Waals surface area contributed by atoms with Crippen molar-refractivity contribution < 1.29 is 14.6 Å². The molecule has 0 saturated carbocycles. The van der Waals surface area contributed by atoms with Crippen LogP contribution in [0.5, 0.6) is 0 Å². The molecule has 0 aromatic carbocycles. The first kappa shape index (κ1) is 19.4. The Morgan fingerprint density at radius 2 is 1.55 bits per heavy atom. The second-order valence-corrected chi connectivity index (χ2v) is 6.14. The lowest BCUT2D eigenvalue weighted by atomic mass is 10.0. The van der Waals surface area contributed by atoms with Crippen LogP contribution in [0.25, 0.3) is 0 Å².